The Kier molecular flexibility index (Phi) is 6.41. The van der Waals surface area contributed by atoms with Crippen LogP contribution in [0, 0.1) is 0 Å². The lowest BCUT2D eigenvalue weighted by molar-refractivity contribution is -0.119. The number of anilines is 1. The first-order valence-corrected chi connectivity index (χ1v) is 9.67. The first kappa shape index (κ1) is 19.2. The first-order valence-electron chi connectivity index (χ1n) is 7.06. The molecule has 0 aliphatic heterocycles. The third-order valence-electron chi connectivity index (χ3n) is 3.08. The van der Waals surface area contributed by atoms with Crippen molar-refractivity contribution in [3.05, 3.63) is 64.1 Å². The number of nitrogens with one attached hydrogen (secondary N) is 1. The van der Waals surface area contributed by atoms with Gasteiger partial charge in [-0.1, -0.05) is 35.3 Å². The summed E-state index contributed by atoms with van der Waals surface area (Å²) in [5, 5.41) is 4.86. The largest absolute Gasteiger partial charge is 0.271 e. The molecule has 0 unspecified atom stereocenters. The number of benzene rings is 2. The summed E-state index contributed by atoms with van der Waals surface area (Å²) in [6.07, 6.45) is 2.45. The molecule has 0 radical (unpaired) electrons. The Morgan fingerprint density at radius 1 is 1.08 bits per heavy atom. The molecule has 0 bridgehead atoms. The lowest BCUT2D eigenvalue weighted by Crippen LogP contribution is -2.38. The molecule has 2 aromatic carbocycles. The average Bonchev–Trinajstić information content (AvgIpc) is 2.54. The number of amides is 1. The van der Waals surface area contributed by atoms with Crippen LogP contribution in [0.3, 0.4) is 0 Å². The van der Waals surface area contributed by atoms with Gasteiger partial charge in [-0.25, -0.2) is 13.8 Å². The van der Waals surface area contributed by atoms with E-state index < -0.39 is 22.5 Å². The van der Waals surface area contributed by atoms with Crippen LogP contribution in [0.15, 0.2) is 53.6 Å². The molecule has 0 saturated carbocycles. The maximum atomic E-state index is 12.0. The average molecular weight is 400 g/mol. The quantitative estimate of drug-likeness (QED) is 0.598. The molecule has 1 amide bonds. The zero-order valence-corrected chi connectivity index (χ0v) is 15.5. The molecule has 132 valence electrons. The Bertz CT molecular complexity index is 867. The smallest absolute Gasteiger partial charge is 0.260 e. The van der Waals surface area contributed by atoms with E-state index in [0.29, 0.717) is 15.7 Å². The van der Waals surface area contributed by atoms with Crippen LogP contribution in [0.4, 0.5) is 5.69 Å². The van der Waals surface area contributed by atoms with Gasteiger partial charge in [-0.3, -0.25) is 9.10 Å². The van der Waals surface area contributed by atoms with Gasteiger partial charge < -0.3 is 0 Å². The fraction of sp³-hybridized carbons (Fsp3) is 0.125. The van der Waals surface area contributed by atoms with Gasteiger partial charge in [0.1, 0.15) is 6.54 Å². The zero-order valence-electron chi connectivity index (χ0n) is 13.2. The van der Waals surface area contributed by atoms with E-state index in [-0.39, 0.29) is 0 Å². The van der Waals surface area contributed by atoms with Crippen molar-refractivity contribution in [2.45, 2.75) is 0 Å². The van der Waals surface area contributed by atoms with Crippen LogP contribution < -0.4 is 9.73 Å². The second-order valence-corrected chi connectivity index (χ2v) is 7.87. The van der Waals surface area contributed by atoms with Gasteiger partial charge in [0.2, 0.25) is 10.0 Å². The summed E-state index contributed by atoms with van der Waals surface area (Å²) in [4.78, 5) is 12.0. The Labute approximate surface area is 156 Å². The molecule has 0 spiro atoms. The third-order valence-corrected chi connectivity index (χ3v) is 4.72. The topological polar surface area (TPSA) is 78.8 Å². The number of rotatable bonds is 6. The number of halogens is 2. The Morgan fingerprint density at radius 3 is 2.12 bits per heavy atom. The molecule has 2 aromatic rings. The lowest BCUT2D eigenvalue weighted by atomic mass is 10.2. The van der Waals surface area contributed by atoms with Crippen molar-refractivity contribution in [2.75, 3.05) is 17.1 Å². The molecule has 0 atom stereocenters. The molecule has 25 heavy (non-hydrogen) atoms. The predicted octanol–water partition coefficient (Wildman–Crippen LogP) is 2.91. The SMILES string of the molecule is CS(=O)(=O)N(CC(=O)N/N=C\c1ccc(Cl)cc1)c1ccc(Cl)cc1. The molecule has 0 saturated heterocycles. The molecule has 0 aromatic heterocycles. The molecule has 0 fully saturated rings. The van der Waals surface area contributed by atoms with Gasteiger partial charge in [0.05, 0.1) is 18.2 Å². The van der Waals surface area contributed by atoms with Crippen molar-refractivity contribution in [1.82, 2.24) is 5.43 Å². The summed E-state index contributed by atoms with van der Waals surface area (Å²) >= 11 is 11.6. The molecule has 1 N–H and O–H groups in total. The van der Waals surface area contributed by atoms with Crippen LogP contribution in [-0.2, 0) is 14.8 Å². The molecule has 6 nitrogen and oxygen atoms in total. The molecule has 0 aliphatic carbocycles. The van der Waals surface area contributed by atoms with E-state index in [2.05, 4.69) is 10.5 Å². The van der Waals surface area contributed by atoms with Gasteiger partial charge >= 0.3 is 0 Å². The van der Waals surface area contributed by atoms with Gasteiger partial charge in [-0.15, -0.1) is 0 Å². The Morgan fingerprint density at radius 2 is 1.60 bits per heavy atom. The van der Waals surface area contributed by atoms with Gasteiger partial charge in [0.15, 0.2) is 0 Å². The van der Waals surface area contributed by atoms with Crippen LogP contribution in [0.2, 0.25) is 10.0 Å². The molecular weight excluding hydrogens is 385 g/mol. The minimum Gasteiger partial charge on any atom is -0.271 e. The number of carbonyl (C=O) groups excluding carboxylic acids is 1. The van der Waals surface area contributed by atoms with Crippen LogP contribution in [-0.4, -0.2) is 33.3 Å². The Hall–Kier alpha value is -2.09. The summed E-state index contributed by atoms with van der Waals surface area (Å²) in [5.41, 5.74) is 3.37. The van der Waals surface area contributed by atoms with Crippen LogP contribution in [0.1, 0.15) is 5.56 Å². The highest BCUT2D eigenvalue weighted by Crippen LogP contribution is 2.20. The Balaban J connectivity index is 2.04. The highest BCUT2D eigenvalue weighted by molar-refractivity contribution is 7.92. The number of hydrogen-bond acceptors (Lipinski definition) is 4. The van der Waals surface area contributed by atoms with Gasteiger partial charge in [-0.2, -0.15) is 5.10 Å². The second-order valence-electron chi connectivity index (χ2n) is 5.09. The maximum absolute atomic E-state index is 12.0. The number of carbonyl (C=O) groups is 1. The fourth-order valence-electron chi connectivity index (χ4n) is 1.90. The van der Waals surface area contributed by atoms with Crippen LogP contribution in [0.25, 0.3) is 0 Å². The van der Waals surface area contributed by atoms with E-state index in [4.69, 9.17) is 23.2 Å². The highest BCUT2D eigenvalue weighted by Gasteiger charge is 2.20. The standard InChI is InChI=1S/C16H15Cl2N3O3S/c1-25(23,24)21(15-8-6-14(18)7-9-15)11-16(22)20-19-10-12-2-4-13(17)5-3-12/h2-10H,11H2,1H3,(H,20,22)/b19-10-. The van der Waals surface area contributed by atoms with E-state index in [1.165, 1.54) is 18.3 Å². The zero-order chi connectivity index (χ0) is 18.4. The number of sulfonamides is 1. The minimum atomic E-state index is -3.64. The van der Waals surface area contributed by atoms with E-state index >= 15 is 0 Å². The fourth-order valence-corrected chi connectivity index (χ4v) is 3.01. The van der Waals surface area contributed by atoms with Crippen molar-refractivity contribution in [3.63, 3.8) is 0 Å². The summed E-state index contributed by atoms with van der Waals surface area (Å²) in [5.74, 6) is -0.578. The van der Waals surface area contributed by atoms with E-state index in [9.17, 15) is 13.2 Å². The molecule has 0 aliphatic rings. The summed E-state index contributed by atoms with van der Waals surface area (Å²) in [6.45, 7) is -0.404. The lowest BCUT2D eigenvalue weighted by Gasteiger charge is -2.21. The number of hydrazone groups is 1. The molecule has 2 rings (SSSR count). The predicted molar refractivity (Wildman–Crippen MR) is 101 cm³/mol. The third kappa shape index (κ3) is 6.04. The van der Waals surface area contributed by atoms with Gasteiger partial charge in [0.25, 0.3) is 5.91 Å². The first-order chi connectivity index (χ1) is 11.8. The van der Waals surface area contributed by atoms with E-state index in [1.807, 2.05) is 0 Å². The van der Waals surface area contributed by atoms with Crippen molar-refractivity contribution in [2.24, 2.45) is 5.10 Å². The number of hydrogen-bond donors (Lipinski definition) is 1. The molecular formula is C16H15Cl2N3O3S. The normalized spacial score (nSPS) is 11.5. The van der Waals surface area contributed by atoms with Crippen LogP contribution in [0.5, 0.6) is 0 Å². The summed E-state index contributed by atoms with van der Waals surface area (Å²) in [6, 6.07) is 13.0. The second kappa shape index (κ2) is 8.33. The summed E-state index contributed by atoms with van der Waals surface area (Å²) < 4.78 is 24.9. The van der Waals surface area contributed by atoms with Crippen molar-refractivity contribution >= 4 is 51.0 Å². The molecule has 9 heteroatoms. The van der Waals surface area contributed by atoms with Crippen molar-refractivity contribution in [1.29, 1.82) is 0 Å². The monoisotopic (exact) mass is 399 g/mol. The van der Waals surface area contributed by atoms with Crippen molar-refractivity contribution < 1.29 is 13.2 Å². The highest BCUT2D eigenvalue weighted by atomic mass is 35.5. The maximum Gasteiger partial charge on any atom is 0.260 e. The van der Waals surface area contributed by atoms with Crippen molar-refractivity contribution in [3.8, 4) is 0 Å². The minimum absolute atomic E-state index is 0.337. The van der Waals surface area contributed by atoms with Gasteiger partial charge in [-0.05, 0) is 42.0 Å². The van der Waals surface area contributed by atoms with Gasteiger partial charge in [0, 0.05) is 10.0 Å². The van der Waals surface area contributed by atoms with E-state index in [1.54, 1.807) is 36.4 Å². The molecule has 0 heterocycles. The number of nitrogens with zero attached hydrogens (tertiary/aromatic N) is 2. The van der Waals surface area contributed by atoms with Crippen LogP contribution >= 0.6 is 23.2 Å². The summed E-state index contributed by atoms with van der Waals surface area (Å²) in [7, 11) is -3.64. The van der Waals surface area contributed by atoms with E-state index in [0.717, 1.165) is 16.1 Å².